The van der Waals surface area contributed by atoms with Gasteiger partial charge in [0.15, 0.2) is 0 Å². The molecule has 0 aliphatic carbocycles. The molecule has 2 aliphatic rings. The second kappa shape index (κ2) is 7.80. The van der Waals surface area contributed by atoms with Crippen molar-refractivity contribution in [3.05, 3.63) is 21.9 Å². The molecule has 1 fully saturated rings. The molecule has 1 N–H and O–H groups in total. The zero-order valence-corrected chi connectivity index (χ0v) is 16.8. The van der Waals surface area contributed by atoms with E-state index in [4.69, 9.17) is 9.47 Å². The second-order valence-corrected chi connectivity index (χ2v) is 8.35. The molecule has 0 aromatic carbocycles. The molecular formula is C18H23F3N4O5. The maximum Gasteiger partial charge on any atom is 0.407 e. The van der Waals surface area contributed by atoms with Gasteiger partial charge in [-0.05, 0) is 27.2 Å². The number of carbonyl (C=O) groups is 1. The largest absolute Gasteiger partial charge is 0.477 e. The third kappa shape index (κ3) is 4.85. The maximum absolute atomic E-state index is 13.6. The zero-order chi connectivity index (χ0) is 22.3. The van der Waals surface area contributed by atoms with Crippen molar-refractivity contribution in [3.8, 4) is 5.88 Å². The van der Waals surface area contributed by atoms with Crippen molar-refractivity contribution in [2.75, 3.05) is 24.6 Å². The fourth-order valence-electron chi connectivity index (χ4n) is 3.70. The van der Waals surface area contributed by atoms with Crippen LogP contribution in [0.1, 0.15) is 32.8 Å². The molecule has 3 rings (SSSR count). The Morgan fingerprint density at radius 2 is 2.07 bits per heavy atom. The summed E-state index contributed by atoms with van der Waals surface area (Å²) in [4.78, 5) is 28.2. The summed E-state index contributed by atoms with van der Waals surface area (Å²) in [7, 11) is 0. The first-order chi connectivity index (χ1) is 13.8. The normalized spacial score (nSPS) is 21.6. The minimum atomic E-state index is -4.53. The number of carbonyl (C=O) groups excluding carboxylic acids is 1. The van der Waals surface area contributed by atoms with Crippen LogP contribution in [0.4, 0.5) is 29.3 Å². The van der Waals surface area contributed by atoms with E-state index in [-0.39, 0.29) is 31.1 Å². The second-order valence-electron chi connectivity index (χ2n) is 8.35. The van der Waals surface area contributed by atoms with E-state index in [0.717, 1.165) is 6.20 Å². The lowest BCUT2D eigenvalue weighted by atomic mass is 9.92. The molecule has 3 heterocycles. The van der Waals surface area contributed by atoms with Crippen molar-refractivity contribution in [1.29, 1.82) is 0 Å². The van der Waals surface area contributed by atoms with Crippen molar-refractivity contribution in [2.45, 2.75) is 51.4 Å². The van der Waals surface area contributed by atoms with Crippen LogP contribution in [-0.2, 0) is 11.2 Å². The maximum atomic E-state index is 13.6. The van der Waals surface area contributed by atoms with Gasteiger partial charge in [-0.15, -0.1) is 0 Å². The van der Waals surface area contributed by atoms with Crippen molar-refractivity contribution in [2.24, 2.45) is 5.92 Å². The van der Waals surface area contributed by atoms with Gasteiger partial charge in [0.05, 0.1) is 23.5 Å². The highest BCUT2D eigenvalue weighted by atomic mass is 19.4. The SMILES string of the molecule is CC(C)(C)OC(=O)N[C@H]1C[C@@H](C(F)(F)F)CN(c2c([N+](=O)[O-])cnc3c2CCO3)C1. The Kier molecular flexibility index (Phi) is 5.70. The lowest BCUT2D eigenvalue weighted by molar-refractivity contribution is -0.384. The summed E-state index contributed by atoms with van der Waals surface area (Å²) in [5, 5.41) is 14.0. The molecule has 0 radical (unpaired) electrons. The smallest absolute Gasteiger partial charge is 0.407 e. The van der Waals surface area contributed by atoms with Gasteiger partial charge in [-0.1, -0.05) is 0 Å². The van der Waals surface area contributed by atoms with Crippen molar-refractivity contribution < 1.29 is 32.4 Å². The van der Waals surface area contributed by atoms with Gasteiger partial charge in [-0.25, -0.2) is 9.78 Å². The van der Waals surface area contributed by atoms with E-state index in [1.54, 1.807) is 20.8 Å². The average molecular weight is 432 g/mol. The molecule has 0 saturated carbocycles. The molecule has 1 amide bonds. The van der Waals surface area contributed by atoms with Crippen LogP contribution in [0.25, 0.3) is 0 Å². The predicted octanol–water partition coefficient (Wildman–Crippen LogP) is 3.21. The number of pyridine rings is 1. The Morgan fingerprint density at radius 1 is 1.37 bits per heavy atom. The molecule has 30 heavy (non-hydrogen) atoms. The average Bonchev–Trinajstić information content (AvgIpc) is 3.06. The van der Waals surface area contributed by atoms with Crippen LogP contribution < -0.4 is 15.0 Å². The summed E-state index contributed by atoms with van der Waals surface area (Å²) >= 11 is 0. The number of hydrogen-bond donors (Lipinski definition) is 1. The molecule has 166 valence electrons. The summed E-state index contributed by atoms with van der Waals surface area (Å²) in [5.74, 6) is -1.60. The van der Waals surface area contributed by atoms with Gasteiger partial charge in [-0.3, -0.25) is 10.1 Å². The molecule has 2 atom stereocenters. The first kappa shape index (κ1) is 21.9. The van der Waals surface area contributed by atoms with Crippen molar-refractivity contribution in [1.82, 2.24) is 10.3 Å². The van der Waals surface area contributed by atoms with Gasteiger partial charge in [0, 0.05) is 25.1 Å². The number of ether oxygens (including phenoxy) is 2. The van der Waals surface area contributed by atoms with Crippen LogP contribution in [0.5, 0.6) is 5.88 Å². The van der Waals surface area contributed by atoms with Gasteiger partial charge in [0.25, 0.3) is 0 Å². The molecular weight excluding hydrogens is 409 g/mol. The van der Waals surface area contributed by atoms with E-state index in [9.17, 15) is 28.1 Å². The van der Waals surface area contributed by atoms with Gasteiger partial charge < -0.3 is 19.7 Å². The highest BCUT2D eigenvalue weighted by Crippen LogP contribution is 2.42. The summed E-state index contributed by atoms with van der Waals surface area (Å²) in [6.07, 6.45) is -4.43. The minimum absolute atomic E-state index is 0.0386. The van der Waals surface area contributed by atoms with Crippen molar-refractivity contribution >= 4 is 17.5 Å². The van der Waals surface area contributed by atoms with Gasteiger partial charge >= 0.3 is 18.0 Å². The molecule has 0 bridgehead atoms. The van der Waals surface area contributed by atoms with Crippen LogP contribution in [-0.4, -0.2) is 53.5 Å². The highest BCUT2D eigenvalue weighted by molar-refractivity contribution is 5.71. The molecule has 1 aromatic heterocycles. The van der Waals surface area contributed by atoms with Crippen molar-refractivity contribution in [3.63, 3.8) is 0 Å². The molecule has 0 unspecified atom stereocenters. The van der Waals surface area contributed by atoms with E-state index in [1.165, 1.54) is 4.90 Å². The predicted molar refractivity (Wildman–Crippen MR) is 99.6 cm³/mol. The van der Waals surface area contributed by atoms with Crippen LogP contribution in [0.2, 0.25) is 0 Å². The number of alkyl carbamates (subject to hydrolysis) is 1. The highest BCUT2D eigenvalue weighted by Gasteiger charge is 2.46. The number of halogens is 3. The zero-order valence-electron chi connectivity index (χ0n) is 16.8. The number of nitrogens with zero attached hydrogens (tertiary/aromatic N) is 3. The molecule has 9 nitrogen and oxygen atoms in total. The number of alkyl halides is 3. The number of aromatic nitrogens is 1. The van der Waals surface area contributed by atoms with Crippen LogP contribution in [0, 0.1) is 16.0 Å². The quantitative estimate of drug-likeness (QED) is 0.577. The Balaban J connectivity index is 1.93. The number of nitro groups is 1. The monoisotopic (exact) mass is 432 g/mol. The van der Waals surface area contributed by atoms with Gasteiger partial charge in [-0.2, -0.15) is 13.2 Å². The lowest BCUT2D eigenvalue weighted by Crippen LogP contribution is -2.54. The summed E-state index contributed by atoms with van der Waals surface area (Å²) < 4.78 is 51.3. The summed E-state index contributed by atoms with van der Waals surface area (Å²) in [6.45, 7) is 4.66. The van der Waals surface area contributed by atoms with E-state index >= 15 is 0 Å². The number of hydrogen-bond acceptors (Lipinski definition) is 7. The van der Waals surface area contributed by atoms with E-state index in [1.807, 2.05) is 0 Å². The number of fused-ring (bicyclic) bond motifs is 1. The first-order valence-electron chi connectivity index (χ1n) is 9.45. The topological polar surface area (TPSA) is 107 Å². The first-order valence-corrected chi connectivity index (χ1v) is 9.45. The Morgan fingerprint density at radius 3 is 2.67 bits per heavy atom. The fraction of sp³-hybridized carbons (Fsp3) is 0.667. The summed E-state index contributed by atoms with van der Waals surface area (Å²) in [5.41, 5.74) is -0.738. The number of anilines is 1. The molecule has 0 spiro atoms. The third-order valence-electron chi connectivity index (χ3n) is 4.83. The number of piperidine rings is 1. The number of rotatable bonds is 3. The van der Waals surface area contributed by atoms with E-state index in [0.29, 0.717) is 12.0 Å². The molecule has 2 aliphatic heterocycles. The Bertz CT molecular complexity index is 840. The number of nitrogens with one attached hydrogen (secondary N) is 1. The van der Waals surface area contributed by atoms with Crippen LogP contribution in [0.15, 0.2) is 6.20 Å². The van der Waals surface area contributed by atoms with E-state index in [2.05, 4.69) is 10.3 Å². The molecule has 12 heteroatoms. The lowest BCUT2D eigenvalue weighted by Gasteiger charge is -2.40. The standard InChI is InChI=1S/C18H23F3N4O5/c1-17(2,3)30-16(26)23-11-6-10(18(19,20)21)8-24(9-11)14-12-4-5-29-15(12)22-7-13(14)25(27)28/h7,10-11H,4-6,8-9H2,1-3H3,(H,23,26)/t10-,11+/m1/s1. The van der Waals surface area contributed by atoms with Gasteiger partial charge in [0.1, 0.15) is 17.5 Å². The molecule has 1 aromatic rings. The van der Waals surface area contributed by atoms with Gasteiger partial charge in [0.2, 0.25) is 5.88 Å². The van der Waals surface area contributed by atoms with Crippen LogP contribution >= 0.6 is 0 Å². The Labute approximate surface area is 170 Å². The minimum Gasteiger partial charge on any atom is -0.477 e. The number of amides is 1. The molecule has 1 saturated heterocycles. The fourth-order valence-corrected chi connectivity index (χ4v) is 3.70. The van der Waals surface area contributed by atoms with E-state index < -0.39 is 47.0 Å². The Hall–Kier alpha value is -2.79. The third-order valence-corrected chi connectivity index (χ3v) is 4.83. The van der Waals surface area contributed by atoms with Crippen LogP contribution in [0.3, 0.4) is 0 Å². The summed E-state index contributed by atoms with van der Waals surface area (Å²) in [6, 6.07) is -0.911.